The quantitative estimate of drug-likeness (QED) is 0.538. The van der Waals surface area contributed by atoms with Gasteiger partial charge in [0, 0.05) is 6.42 Å². The summed E-state index contributed by atoms with van der Waals surface area (Å²) in [5.41, 5.74) is 0.963. The van der Waals surface area contributed by atoms with E-state index in [-0.39, 0.29) is 5.78 Å². The van der Waals surface area contributed by atoms with Crippen LogP contribution in [-0.2, 0) is 9.53 Å². The van der Waals surface area contributed by atoms with Crippen molar-refractivity contribution in [2.75, 3.05) is 7.11 Å². The Kier molecular flexibility index (Phi) is 3.76. The van der Waals surface area contributed by atoms with Crippen molar-refractivity contribution in [3.05, 3.63) is 11.8 Å². The number of ether oxygens (including phenoxy) is 1. The third-order valence-corrected chi connectivity index (χ3v) is 0.847. The summed E-state index contributed by atoms with van der Waals surface area (Å²) >= 11 is 0. The highest BCUT2D eigenvalue weighted by Gasteiger charge is 1.93. The van der Waals surface area contributed by atoms with Gasteiger partial charge in [0.2, 0.25) is 0 Å². The minimum absolute atomic E-state index is 0.167. The Bertz CT molecular complexity index is 125. The van der Waals surface area contributed by atoms with Crippen LogP contribution in [0.1, 0.15) is 20.3 Å². The molecule has 0 aromatic heterocycles. The normalized spacial score (nSPS) is 11.2. The molecule has 0 amide bonds. The van der Waals surface area contributed by atoms with Crippen LogP contribution in [0.2, 0.25) is 0 Å². The molecule has 0 unspecified atom stereocenters. The van der Waals surface area contributed by atoms with E-state index in [1.165, 1.54) is 0 Å². The van der Waals surface area contributed by atoms with Gasteiger partial charge in [0.25, 0.3) is 0 Å². The Labute approximate surface area is 55.5 Å². The number of rotatable bonds is 3. The second-order valence-electron chi connectivity index (χ2n) is 2.08. The van der Waals surface area contributed by atoms with Gasteiger partial charge in [0.05, 0.1) is 13.4 Å². The first-order valence-corrected chi connectivity index (χ1v) is 2.84. The molecule has 0 aliphatic heterocycles. The average molecular weight is 128 g/mol. The third-order valence-electron chi connectivity index (χ3n) is 0.847. The average Bonchev–Trinajstić information content (AvgIpc) is 1.63. The fourth-order valence-electron chi connectivity index (χ4n) is 0.636. The van der Waals surface area contributed by atoms with Gasteiger partial charge in [0.1, 0.15) is 5.78 Å². The van der Waals surface area contributed by atoms with Crippen LogP contribution in [-0.4, -0.2) is 12.9 Å². The lowest BCUT2D eigenvalue weighted by atomic mass is 10.2. The van der Waals surface area contributed by atoms with Gasteiger partial charge in [-0.1, -0.05) is 0 Å². The van der Waals surface area contributed by atoms with Crippen LogP contribution in [0.15, 0.2) is 11.8 Å². The first-order chi connectivity index (χ1) is 4.16. The Morgan fingerprint density at radius 2 is 2.11 bits per heavy atom. The van der Waals surface area contributed by atoms with E-state index in [0.29, 0.717) is 6.42 Å². The molecule has 0 aliphatic carbocycles. The van der Waals surface area contributed by atoms with E-state index in [1.54, 1.807) is 20.3 Å². The Balaban J connectivity index is 3.62. The van der Waals surface area contributed by atoms with E-state index in [4.69, 9.17) is 4.74 Å². The topological polar surface area (TPSA) is 26.3 Å². The highest BCUT2D eigenvalue weighted by atomic mass is 16.5. The Morgan fingerprint density at radius 3 is 2.44 bits per heavy atom. The van der Waals surface area contributed by atoms with Gasteiger partial charge in [-0.3, -0.25) is 4.79 Å². The zero-order chi connectivity index (χ0) is 7.28. The van der Waals surface area contributed by atoms with Gasteiger partial charge in [-0.15, -0.1) is 0 Å². The van der Waals surface area contributed by atoms with Crippen molar-refractivity contribution < 1.29 is 9.53 Å². The smallest absolute Gasteiger partial charge is 0.133 e. The summed E-state index contributed by atoms with van der Waals surface area (Å²) < 4.78 is 4.69. The van der Waals surface area contributed by atoms with E-state index in [2.05, 4.69) is 0 Å². The van der Waals surface area contributed by atoms with E-state index >= 15 is 0 Å². The standard InChI is InChI=1S/C7H12O2/c1-6(5-9-3)4-7(2)8/h5H,4H2,1-3H3/b6-5-. The molecule has 0 bridgehead atoms. The van der Waals surface area contributed by atoms with Crippen molar-refractivity contribution >= 4 is 5.78 Å². The number of allylic oxidation sites excluding steroid dienone is 1. The molecule has 0 fully saturated rings. The summed E-state index contributed by atoms with van der Waals surface area (Å²) in [5, 5.41) is 0. The maximum Gasteiger partial charge on any atom is 0.133 e. The minimum atomic E-state index is 0.167. The van der Waals surface area contributed by atoms with Gasteiger partial charge >= 0.3 is 0 Å². The van der Waals surface area contributed by atoms with Crippen molar-refractivity contribution in [1.29, 1.82) is 0 Å². The number of Topliss-reactive ketones (excluding diaryl/α,β-unsaturated/α-hetero) is 1. The lowest BCUT2D eigenvalue weighted by Gasteiger charge is -1.94. The van der Waals surface area contributed by atoms with Crippen molar-refractivity contribution in [1.82, 2.24) is 0 Å². The molecule has 0 spiro atoms. The summed E-state index contributed by atoms with van der Waals surface area (Å²) in [6.07, 6.45) is 2.08. The van der Waals surface area contributed by atoms with E-state index in [1.807, 2.05) is 6.92 Å². The molecule has 0 atom stereocenters. The lowest BCUT2D eigenvalue weighted by molar-refractivity contribution is -0.116. The molecule has 9 heavy (non-hydrogen) atoms. The molecular weight excluding hydrogens is 116 g/mol. The van der Waals surface area contributed by atoms with E-state index < -0.39 is 0 Å². The Morgan fingerprint density at radius 1 is 1.56 bits per heavy atom. The summed E-state index contributed by atoms with van der Waals surface area (Å²) in [5.74, 6) is 0.167. The van der Waals surface area contributed by atoms with Gasteiger partial charge in [-0.25, -0.2) is 0 Å². The van der Waals surface area contributed by atoms with Crippen molar-refractivity contribution in [2.24, 2.45) is 0 Å². The molecule has 0 N–H and O–H groups in total. The summed E-state index contributed by atoms with van der Waals surface area (Å²) in [4.78, 5) is 10.4. The number of hydrogen-bond donors (Lipinski definition) is 0. The number of methoxy groups -OCH3 is 1. The molecule has 0 rings (SSSR count). The predicted octanol–water partition coefficient (Wildman–Crippen LogP) is 1.52. The first-order valence-electron chi connectivity index (χ1n) is 2.84. The zero-order valence-corrected chi connectivity index (χ0v) is 6.10. The molecule has 0 radical (unpaired) electrons. The third kappa shape index (κ3) is 5.07. The molecule has 0 aliphatic rings. The molecule has 0 saturated carbocycles. The fourth-order valence-corrected chi connectivity index (χ4v) is 0.636. The van der Waals surface area contributed by atoms with Crippen LogP contribution in [0.5, 0.6) is 0 Å². The van der Waals surface area contributed by atoms with Crippen molar-refractivity contribution in [2.45, 2.75) is 20.3 Å². The van der Waals surface area contributed by atoms with Gasteiger partial charge in [-0.2, -0.15) is 0 Å². The Hall–Kier alpha value is -0.790. The number of ketones is 1. The number of carbonyl (C=O) groups excluding carboxylic acids is 1. The SMILES string of the molecule is CO/C=C(/C)CC(C)=O. The maximum absolute atomic E-state index is 10.4. The number of hydrogen-bond acceptors (Lipinski definition) is 2. The highest BCUT2D eigenvalue weighted by Crippen LogP contribution is 1.98. The fraction of sp³-hybridized carbons (Fsp3) is 0.571. The molecule has 2 nitrogen and oxygen atoms in total. The van der Waals surface area contributed by atoms with Crippen LogP contribution < -0.4 is 0 Å². The highest BCUT2D eigenvalue weighted by molar-refractivity contribution is 5.77. The largest absolute Gasteiger partial charge is 0.504 e. The lowest BCUT2D eigenvalue weighted by Crippen LogP contribution is -1.90. The van der Waals surface area contributed by atoms with Crippen LogP contribution in [0.3, 0.4) is 0 Å². The van der Waals surface area contributed by atoms with E-state index in [9.17, 15) is 4.79 Å². The summed E-state index contributed by atoms with van der Waals surface area (Å²) in [6, 6.07) is 0. The maximum atomic E-state index is 10.4. The molecule has 0 saturated heterocycles. The van der Waals surface area contributed by atoms with Crippen LogP contribution in [0.4, 0.5) is 0 Å². The van der Waals surface area contributed by atoms with Crippen LogP contribution in [0.25, 0.3) is 0 Å². The molecule has 52 valence electrons. The van der Waals surface area contributed by atoms with Gasteiger partial charge in [-0.05, 0) is 19.4 Å². The van der Waals surface area contributed by atoms with Gasteiger partial charge < -0.3 is 4.74 Å². The second kappa shape index (κ2) is 4.13. The summed E-state index contributed by atoms with van der Waals surface area (Å²) in [6.45, 7) is 3.43. The number of carbonyl (C=O) groups is 1. The van der Waals surface area contributed by atoms with E-state index in [0.717, 1.165) is 5.57 Å². The van der Waals surface area contributed by atoms with Crippen molar-refractivity contribution in [3.63, 3.8) is 0 Å². The van der Waals surface area contributed by atoms with Crippen LogP contribution >= 0.6 is 0 Å². The zero-order valence-electron chi connectivity index (χ0n) is 6.10. The van der Waals surface area contributed by atoms with Gasteiger partial charge in [0.15, 0.2) is 0 Å². The molecule has 0 aromatic carbocycles. The predicted molar refractivity (Wildman–Crippen MR) is 36.1 cm³/mol. The molecular formula is C7H12O2. The molecule has 2 heteroatoms. The minimum Gasteiger partial charge on any atom is -0.504 e. The monoisotopic (exact) mass is 128 g/mol. The molecule has 0 aromatic rings. The van der Waals surface area contributed by atoms with Crippen molar-refractivity contribution in [3.8, 4) is 0 Å². The van der Waals surface area contributed by atoms with Crippen LogP contribution in [0, 0.1) is 0 Å². The first kappa shape index (κ1) is 8.21. The molecule has 0 heterocycles. The second-order valence-corrected chi connectivity index (χ2v) is 2.08. The summed E-state index contributed by atoms with van der Waals surface area (Å²) in [7, 11) is 1.57.